The summed E-state index contributed by atoms with van der Waals surface area (Å²) in [6, 6.07) is 9.01. The van der Waals surface area contributed by atoms with Crippen LogP contribution in [0.3, 0.4) is 0 Å². The Bertz CT molecular complexity index is 395. The highest BCUT2D eigenvalue weighted by molar-refractivity contribution is 5.30. The van der Waals surface area contributed by atoms with E-state index in [1.165, 1.54) is 18.4 Å². The van der Waals surface area contributed by atoms with Crippen LogP contribution in [0.4, 0.5) is 0 Å². The van der Waals surface area contributed by atoms with Gasteiger partial charge in [-0.25, -0.2) is 0 Å². The van der Waals surface area contributed by atoms with Gasteiger partial charge >= 0.3 is 0 Å². The average molecular weight is 291 g/mol. The first kappa shape index (κ1) is 18.0. The molecule has 1 aromatic rings. The van der Waals surface area contributed by atoms with Gasteiger partial charge in [0.05, 0.1) is 6.61 Å². The second kappa shape index (κ2) is 9.09. The van der Waals surface area contributed by atoms with E-state index in [0.717, 1.165) is 31.7 Å². The molecule has 1 atom stereocenters. The van der Waals surface area contributed by atoms with Crippen LogP contribution >= 0.6 is 0 Å². The molecule has 1 unspecified atom stereocenters. The van der Waals surface area contributed by atoms with Crippen molar-refractivity contribution < 1.29 is 4.74 Å². The molecule has 1 N–H and O–H groups in total. The molecule has 0 spiro atoms. The summed E-state index contributed by atoms with van der Waals surface area (Å²) < 4.78 is 5.77. The topological polar surface area (TPSA) is 21.3 Å². The predicted octanol–water partition coefficient (Wildman–Crippen LogP) is 5.34. The van der Waals surface area contributed by atoms with E-state index in [1.807, 2.05) is 0 Å². The van der Waals surface area contributed by atoms with Crippen LogP contribution in [0, 0.1) is 5.41 Å². The number of benzene rings is 1. The molecule has 0 aliphatic heterocycles. The van der Waals surface area contributed by atoms with Gasteiger partial charge in [-0.1, -0.05) is 46.8 Å². The summed E-state index contributed by atoms with van der Waals surface area (Å²) >= 11 is 0. The minimum Gasteiger partial charge on any atom is -0.494 e. The summed E-state index contributed by atoms with van der Waals surface area (Å²) in [5.41, 5.74) is 1.73. The minimum absolute atomic E-state index is 0.377. The summed E-state index contributed by atoms with van der Waals surface area (Å²) in [4.78, 5) is 0. The van der Waals surface area contributed by atoms with Gasteiger partial charge in [-0.05, 0) is 55.3 Å². The molecule has 0 fully saturated rings. The van der Waals surface area contributed by atoms with Crippen LogP contribution in [-0.4, -0.2) is 13.2 Å². The van der Waals surface area contributed by atoms with Crippen molar-refractivity contribution in [3.8, 4) is 5.75 Å². The monoisotopic (exact) mass is 291 g/mol. The third-order valence-corrected chi connectivity index (χ3v) is 3.56. The third kappa shape index (κ3) is 7.52. The fraction of sp³-hybridized carbons (Fsp3) is 0.684. The molecule has 1 rings (SSSR count). The molecule has 120 valence electrons. The van der Waals surface area contributed by atoms with Crippen molar-refractivity contribution in [2.24, 2.45) is 5.41 Å². The third-order valence-electron chi connectivity index (χ3n) is 3.56. The Balaban J connectivity index is 2.76. The van der Waals surface area contributed by atoms with Crippen LogP contribution in [0.1, 0.15) is 71.9 Å². The smallest absolute Gasteiger partial charge is 0.119 e. The van der Waals surface area contributed by atoms with E-state index >= 15 is 0 Å². The molecule has 0 saturated heterocycles. The first-order chi connectivity index (χ1) is 9.96. The summed E-state index contributed by atoms with van der Waals surface area (Å²) in [5.74, 6) is 0.994. The van der Waals surface area contributed by atoms with Gasteiger partial charge in [0, 0.05) is 6.04 Å². The largest absolute Gasteiger partial charge is 0.494 e. The van der Waals surface area contributed by atoms with Crippen LogP contribution < -0.4 is 10.1 Å². The molecule has 21 heavy (non-hydrogen) atoms. The molecule has 0 heterocycles. The van der Waals surface area contributed by atoms with Crippen molar-refractivity contribution in [3.63, 3.8) is 0 Å². The second-order valence-corrected chi connectivity index (χ2v) is 7.03. The Morgan fingerprint density at radius 2 is 1.90 bits per heavy atom. The zero-order valence-corrected chi connectivity index (χ0v) is 14.5. The van der Waals surface area contributed by atoms with E-state index in [9.17, 15) is 0 Å². The summed E-state index contributed by atoms with van der Waals surface area (Å²) in [5, 5.41) is 3.69. The molecule has 0 aliphatic carbocycles. The molecule has 2 nitrogen and oxygen atoms in total. The van der Waals surface area contributed by atoms with Crippen LogP contribution in [0.25, 0.3) is 0 Å². The maximum absolute atomic E-state index is 5.77. The van der Waals surface area contributed by atoms with Gasteiger partial charge in [-0.15, -0.1) is 0 Å². The van der Waals surface area contributed by atoms with Crippen molar-refractivity contribution in [3.05, 3.63) is 29.8 Å². The molecule has 0 amide bonds. The first-order valence-corrected chi connectivity index (χ1v) is 8.42. The maximum atomic E-state index is 5.77. The van der Waals surface area contributed by atoms with E-state index < -0.39 is 0 Å². The summed E-state index contributed by atoms with van der Waals surface area (Å²) in [6.45, 7) is 13.1. The van der Waals surface area contributed by atoms with Crippen LogP contribution in [0.2, 0.25) is 0 Å². The number of nitrogens with one attached hydrogen (secondary N) is 1. The average Bonchev–Trinajstić information content (AvgIpc) is 2.44. The van der Waals surface area contributed by atoms with Gasteiger partial charge in [0.1, 0.15) is 5.75 Å². The summed E-state index contributed by atoms with van der Waals surface area (Å²) in [7, 11) is 0. The van der Waals surface area contributed by atoms with Crippen LogP contribution in [0.5, 0.6) is 5.75 Å². The van der Waals surface area contributed by atoms with Crippen molar-refractivity contribution >= 4 is 0 Å². The zero-order chi connectivity index (χ0) is 15.7. The number of ether oxygens (including phenoxy) is 1. The van der Waals surface area contributed by atoms with Gasteiger partial charge in [0.15, 0.2) is 0 Å². The Morgan fingerprint density at radius 3 is 2.52 bits per heavy atom. The maximum Gasteiger partial charge on any atom is 0.119 e. The molecule has 1 aromatic carbocycles. The van der Waals surface area contributed by atoms with E-state index in [2.05, 4.69) is 64.2 Å². The number of rotatable bonds is 9. The molecular weight excluding hydrogens is 258 g/mol. The Hall–Kier alpha value is -1.02. The predicted molar refractivity (Wildman–Crippen MR) is 92.0 cm³/mol. The molecule has 2 heteroatoms. The molecule has 0 bridgehead atoms. The highest BCUT2D eigenvalue weighted by Gasteiger charge is 2.16. The standard InChI is InChI=1S/C19H33NO/c1-6-13-20-18(11-12-19(3,4)5)16-9-8-10-17(15-16)21-14-7-2/h8-10,15,18,20H,6-7,11-14H2,1-5H3. The van der Waals surface area contributed by atoms with E-state index in [-0.39, 0.29) is 0 Å². The highest BCUT2D eigenvalue weighted by Crippen LogP contribution is 2.29. The SMILES string of the molecule is CCCNC(CCC(C)(C)C)c1cccc(OCCC)c1. The van der Waals surface area contributed by atoms with Crippen LogP contribution in [0.15, 0.2) is 24.3 Å². The Morgan fingerprint density at radius 1 is 1.14 bits per heavy atom. The van der Waals surface area contributed by atoms with Gasteiger partial charge in [0.2, 0.25) is 0 Å². The Kier molecular flexibility index (Phi) is 7.81. The molecule has 0 saturated carbocycles. The van der Waals surface area contributed by atoms with Crippen molar-refractivity contribution in [2.75, 3.05) is 13.2 Å². The fourth-order valence-electron chi connectivity index (χ4n) is 2.32. The van der Waals surface area contributed by atoms with Gasteiger partial charge in [-0.3, -0.25) is 0 Å². The fourth-order valence-corrected chi connectivity index (χ4v) is 2.32. The van der Waals surface area contributed by atoms with E-state index in [1.54, 1.807) is 0 Å². The second-order valence-electron chi connectivity index (χ2n) is 7.03. The zero-order valence-electron chi connectivity index (χ0n) is 14.5. The van der Waals surface area contributed by atoms with Gasteiger partial charge < -0.3 is 10.1 Å². The lowest BCUT2D eigenvalue weighted by Crippen LogP contribution is -2.23. The first-order valence-electron chi connectivity index (χ1n) is 8.42. The number of hydrogen-bond acceptors (Lipinski definition) is 2. The van der Waals surface area contributed by atoms with E-state index in [0.29, 0.717) is 11.5 Å². The molecule has 0 aromatic heterocycles. The van der Waals surface area contributed by atoms with Crippen molar-refractivity contribution in [1.82, 2.24) is 5.32 Å². The van der Waals surface area contributed by atoms with Crippen LogP contribution in [-0.2, 0) is 0 Å². The van der Waals surface area contributed by atoms with Gasteiger partial charge in [0.25, 0.3) is 0 Å². The quantitative estimate of drug-likeness (QED) is 0.663. The number of hydrogen-bond donors (Lipinski definition) is 1. The van der Waals surface area contributed by atoms with Gasteiger partial charge in [-0.2, -0.15) is 0 Å². The summed E-state index contributed by atoms with van der Waals surface area (Å²) in [6.07, 6.45) is 4.60. The highest BCUT2D eigenvalue weighted by atomic mass is 16.5. The Labute approximate surface area is 131 Å². The van der Waals surface area contributed by atoms with Crippen molar-refractivity contribution in [1.29, 1.82) is 0 Å². The lowest BCUT2D eigenvalue weighted by molar-refractivity contribution is 0.314. The normalized spacial score (nSPS) is 13.2. The lowest BCUT2D eigenvalue weighted by Gasteiger charge is -2.25. The van der Waals surface area contributed by atoms with E-state index in [4.69, 9.17) is 4.74 Å². The molecular formula is C19H33NO. The molecule has 0 aliphatic rings. The van der Waals surface area contributed by atoms with Crippen molar-refractivity contribution in [2.45, 2.75) is 66.3 Å². The molecule has 0 radical (unpaired) electrons. The lowest BCUT2D eigenvalue weighted by atomic mass is 9.87. The minimum atomic E-state index is 0.377.